The fourth-order valence-corrected chi connectivity index (χ4v) is 3.83. The summed E-state index contributed by atoms with van der Waals surface area (Å²) in [6.45, 7) is 5.99. The highest BCUT2D eigenvalue weighted by Crippen LogP contribution is 2.40. The Hall–Kier alpha value is -2.45. The van der Waals surface area contributed by atoms with Crippen LogP contribution in [-0.2, 0) is 11.3 Å². The molecule has 2 heterocycles. The lowest BCUT2D eigenvalue weighted by atomic mass is 10.1. The summed E-state index contributed by atoms with van der Waals surface area (Å²) in [4.78, 5) is 16.5. The molecule has 26 heavy (non-hydrogen) atoms. The van der Waals surface area contributed by atoms with Gasteiger partial charge in [-0.2, -0.15) is 0 Å². The number of carbonyl (C=O) groups excluding carboxylic acids is 1. The molecule has 5 heteroatoms. The Morgan fingerprint density at radius 1 is 1.42 bits per heavy atom. The van der Waals surface area contributed by atoms with Gasteiger partial charge in [-0.15, -0.1) is 23.7 Å². The van der Waals surface area contributed by atoms with Crippen molar-refractivity contribution in [3.63, 3.8) is 0 Å². The molecular formula is C21H23NO3S. The number of hydrogen-bond donors (Lipinski definition) is 0. The molecular weight excluding hydrogens is 346 g/mol. The number of carbonyl (C=O) groups is 1. The predicted octanol–water partition coefficient (Wildman–Crippen LogP) is 4.26. The van der Waals surface area contributed by atoms with Crippen LogP contribution in [-0.4, -0.2) is 30.6 Å². The summed E-state index contributed by atoms with van der Waals surface area (Å²) < 4.78 is 11.9. The highest BCUT2D eigenvalue weighted by atomic mass is 32.1. The van der Waals surface area contributed by atoms with Gasteiger partial charge in [0.25, 0.3) is 0 Å². The number of terminal acetylenes is 1. The van der Waals surface area contributed by atoms with Crippen LogP contribution >= 0.6 is 11.3 Å². The van der Waals surface area contributed by atoms with E-state index >= 15 is 0 Å². The van der Waals surface area contributed by atoms with Gasteiger partial charge < -0.3 is 14.4 Å². The summed E-state index contributed by atoms with van der Waals surface area (Å²) in [7, 11) is 0. The summed E-state index contributed by atoms with van der Waals surface area (Å²) in [5.74, 6) is 4.15. The molecule has 2 aromatic rings. The topological polar surface area (TPSA) is 38.8 Å². The number of benzene rings is 1. The van der Waals surface area contributed by atoms with Crippen molar-refractivity contribution in [2.45, 2.75) is 33.2 Å². The SMILES string of the molecule is C#CCCOc1cc(-c2ccc(C)s2)cc2c1OCCN(C(=O)CC)C2. The molecule has 1 aliphatic heterocycles. The van der Waals surface area contributed by atoms with Gasteiger partial charge in [-0.25, -0.2) is 0 Å². The van der Waals surface area contributed by atoms with Crippen LogP contribution in [0.4, 0.5) is 0 Å². The summed E-state index contributed by atoms with van der Waals surface area (Å²) in [5.41, 5.74) is 2.05. The van der Waals surface area contributed by atoms with Crippen LogP contribution < -0.4 is 9.47 Å². The van der Waals surface area contributed by atoms with E-state index in [2.05, 4.69) is 31.0 Å². The average molecular weight is 369 g/mol. The van der Waals surface area contributed by atoms with E-state index < -0.39 is 0 Å². The smallest absolute Gasteiger partial charge is 0.222 e. The second kappa shape index (κ2) is 8.29. The number of fused-ring (bicyclic) bond motifs is 1. The Morgan fingerprint density at radius 2 is 2.27 bits per heavy atom. The number of ether oxygens (including phenoxy) is 2. The van der Waals surface area contributed by atoms with Crippen molar-refractivity contribution in [2.75, 3.05) is 19.8 Å². The lowest BCUT2D eigenvalue weighted by Gasteiger charge is -2.19. The highest BCUT2D eigenvalue weighted by Gasteiger charge is 2.23. The Morgan fingerprint density at radius 3 is 2.96 bits per heavy atom. The Bertz CT molecular complexity index is 834. The minimum atomic E-state index is 0.133. The zero-order valence-corrected chi connectivity index (χ0v) is 16.0. The van der Waals surface area contributed by atoms with Crippen LogP contribution in [0.5, 0.6) is 11.5 Å². The number of thiophene rings is 1. The fourth-order valence-electron chi connectivity index (χ4n) is 2.98. The summed E-state index contributed by atoms with van der Waals surface area (Å²) >= 11 is 1.74. The Balaban J connectivity index is 2.01. The van der Waals surface area contributed by atoms with Gasteiger partial charge in [-0.3, -0.25) is 4.79 Å². The monoisotopic (exact) mass is 369 g/mol. The van der Waals surface area contributed by atoms with Crippen LogP contribution in [0.1, 0.15) is 30.2 Å². The molecule has 0 saturated carbocycles. The van der Waals surface area contributed by atoms with Gasteiger partial charge in [0.2, 0.25) is 5.91 Å². The normalized spacial score (nSPS) is 13.3. The van der Waals surface area contributed by atoms with E-state index in [0.29, 0.717) is 44.9 Å². The minimum absolute atomic E-state index is 0.133. The number of rotatable bonds is 5. The molecule has 1 aromatic carbocycles. The summed E-state index contributed by atoms with van der Waals surface area (Å²) in [5, 5.41) is 0. The maximum absolute atomic E-state index is 12.2. The van der Waals surface area contributed by atoms with Crippen LogP contribution in [0.2, 0.25) is 0 Å². The second-order valence-electron chi connectivity index (χ2n) is 6.19. The van der Waals surface area contributed by atoms with Gasteiger partial charge >= 0.3 is 0 Å². The lowest BCUT2D eigenvalue weighted by Crippen LogP contribution is -2.31. The Labute approximate surface area is 158 Å². The zero-order chi connectivity index (χ0) is 18.5. The van der Waals surface area contributed by atoms with Crippen LogP contribution in [0.25, 0.3) is 10.4 Å². The standard InChI is InChI=1S/C21H23NO3S/c1-4-6-10-24-18-13-16(19-8-7-15(3)26-19)12-17-14-22(20(23)5-2)9-11-25-21(17)18/h1,7-8,12-13H,5-6,9-11,14H2,2-3H3. The maximum atomic E-state index is 12.2. The average Bonchev–Trinajstić information content (AvgIpc) is 2.96. The van der Waals surface area contributed by atoms with Gasteiger partial charge in [-0.1, -0.05) is 6.92 Å². The maximum Gasteiger partial charge on any atom is 0.222 e. The first-order valence-electron chi connectivity index (χ1n) is 8.83. The number of nitrogens with zero attached hydrogens (tertiary/aromatic N) is 1. The van der Waals surface area contributed by atoms with Crippen LogP contribution in [0.15, 0.2) is 24.3 Å². The van der Waals surface area contributed by atoms with E-state index in [1.165, 1.54) is 9.75 Å². The van der Waals surface area contributed by atoms with Gasteiger partial charge in [-0.05, 0) is 36.8 Å². The molecule has 4 nitrogen and oxygen atoms in total. The van der Waals surface area contributed by atoms with Crippen molar-refractivity contribution in [3.05, 3.63) is 34.7 Å². The number of aryl methyl sites for hydroxylation is 1. The van der Waals surface area contributed by atoms with Gasteiger partial charge in [0.1, 0.15) is 6.61 Å². The summed E-state index contributed by atoms with van der Waals surface area (Å²) in [6.07, 6.45) is 6.37. The quantitative estimate of drug-likeness (QED) is 0.584. The largest absolute Gasteiger partial charge is 0.489 e. The van der Waals surface area contributed by atoms with E-state index in [0.717, 1.165) is 16.9 Å². The predicted molar refractivity (Wildman–Crippen MR) is 105 cm³/mol. The van der Waals surface area contributed by atoms with E-state index in [4.69, 9.17) is 15.9 Å². The molecule has 0 N–H and O–H groups in total. The first-order chi connectivity index (χ1) is 12.6. The molecule has 0 unspecified atom stereocenters. The first kappa shape index (κ1) is 18.3. The van der Waals surface area contributed by atoms with Gasteiger partial charge in [0.15, 0.2) is 11.5 Å². The molecule has 0 saturated heterocycles. The van der Waals surface area contributed by atoms with Crippen molar-refractivity contribution in [1.82, 2.24) is 4.90 Å². The van der Waals surface area contributed by atoms with Crippen molar-refractivity contribution in [2.24, 2.45) is 0 Å². The molecule has 136 valence electrons. The van der Waals surface area contributed by atoms with E-state index in [1.807, 2.05) is 17.9 Å². The van der Waals surface area contributed by atoms with Crippen LogP contribution in [0, 0.1) is 19.3 Å². The van der Waals surface area contributed by atoms with Crippen molar-refractivity contribution < 1.29 is 14.3 Å². The fraction of sp³-hybridized carbons (Fsp3) is 0.381. The highest BCUT2D eigenvalue weighted by molar-refractivity contribution is 7.15. The van der Waals surface area contributed by atoms with E-state index in [9.17, 15) is 4.79 Å². The van der Waals surface area contributed by atoms with Crippen LogP contribution in [0.3, 0.4) is 0 Å². The lowest BCUT2D eigenvalue weighted by molar-refractivity contribution is -0.131. The zero-order valence-electron chi connectivity index (χ0n) is 15.2. The molecule has 0 aliphatic carbocycles. The van der Waals surface area contributed by atoms with Gasteiger partial charge in [0, 0.05) is 34.7 Å². The number of amides is 1. The molecule has 1 amide bonds. The molecule has 0 bridgehead atoms. The summed E-state index contributed by atoms with van der Waals surface area (Å²) in [6, 6.07) is 8.33. The molecule has 0 atom stereocenters. The number of hydrogen-bond acceptors (Lipinski definition) is 4. The first-order valence-corrected chi connectivity index (χ1v) is 9.64. The third-order valence-corrected chi connectivity index (χ3v) is 5.33. The van der Waals surface area contributed by atoms with E-state index in [1.54, 1.807) is 11.3 Å². The van der Waals surface area contributed by atoms with Crippen molar-refractivity contribution >= 4 is 17.2 Å². The van der Waals surface area contributed by atoms with E-state index in [-0.39, 0.29) is 5.91 Å². The second-order valence-corrected chi connectivity index (χ2v) is 7.48. The molecule has 3 rings (SSSR count). The van der Waals surface area contributed by atoms with Crippen molar-refractivity contribution in [1.29, 1.82) is 0 Å². The molecule has 0 spiro atoms. The van der Waals surface area contributed by atoms with Gasteiger partial charge in [0.05, 0.1) is 13.2 Å². The Kier molecular flexibility index (Phi) is 5.85. The molecule has 1 aromatic heterocycles. The molecule has 0 fully saturated rings. The molecule has 1 aliphatic rings. The third kappa shape index (κ3) is 4.03. The minimum Gasteiger partial charge on any atom is -0.489 e. The third-order valence-electron chi connectivity index (χ3n) is 4.28. The molecule has 0 radical (unpaired) electrons. The van der Waals surface area contributed by atoms with Crippen molar-refractivity contribution in [3.8, 4) is 34.3 Å².